The van der Waals surface area contributed by atoms with Crippen LogP contribution in [0.5, 0.6) is 5.75 Å². The highest BCUT2D eigenvalue weighted by molar-refractivity contribution is 6.06. The second-order valence-electron chi connectivity index (χ2n) is 7.35. The number of methoxy groups -OCH3 is 1. The first-order valence-electron chi connectivity index (χ1n) is 10.1. The van der Waals surface area contributed by atoms with Crippen molar-refractivity contribution in [3.05, 3.63) is 70.8 Å². The van der Waals surface area contributed by atoms with Crippen LogP contribution in [0.2, 0.25) is 0 Å². The zero-order chi connectivity index (χ0) is 20.6. The zero-order valence-corrected chi connectivity index (χ0v) is 17.1. The van der Waals surface area contributed by atoms with Crippen LogP contribution in [0.25, 0.3) is 0 Å². The lowest BCUT2D eigenvalue weighted by molar-refractivity contribution is 0.0954. The molecular formula is C24H28N2O3. The third-order valence-corrected chi connectivity index (χ3v) is 5.11. The van der Waals surface area contributed by atoms with Crippen LogP contribution in [0.4, 0.5) is 5.69 Å². The lowest BCUT2D eigenvalue weighted by Crippen LogP contribution is -2.25. The predicted molar refractivity (Wildman–Crippen MR) is 116 cm³/mol. The van der Waals surface area contributed by atoms with E-state index in [-0.39, 0.29) is 11.8 Å². The van der Waals surface area contributed by atoms with Crippen molar-refractivity contribution in [3.63, 3.8) is 0 Å². The minimum atomic E-state index is -0.282. The summed E-state index contributed by atoms with van der Waals surface area (Å²) in [6.07, 6.45) is 7.96. The van der Waals surface area contributed by atoms with Gasteiger partial charge in [-0.2, -0.15) is 0 Å². The molecule has 2 N–H and O–H groups in total. The van der Waals surface area contributed by atoms with E-state index in [0.717, 1.165) is 24.8 Å². The zero-order valence-electron chi connectivity index (χ0n) is 17.1. The van der Waals surface area contributed by atoms with E-state index in [1.807, 2.05) is 25.1 Å². The van der Waals surface area contributed by atoms with Crippen LogP contribution in [0.1, 0.15) is 58.4 Å². The second kappa shape index (κ2) is 9.92. The largest absolute Gasteiger partial charge is 0.495 e. The van der Waals surface area contributed by atoms with Crippen molar-refractivity contribution in [3.8, 4) is 5.75 Å². The summed E-state index contributed by atoms with van der Waals surface area (Å²) in [5, 5.41) is 5.82. The molecule has 1 aliphatic rings. The minimum Gasteiger partial charge on any atom is -0.495 e. The quantitative estimate of drug-likeness (QED) is 0.660. The monoisotopic (exact) mass is 392 g/mol. The highest BCUT2D eigenvalue weighted by Crippen LogP contribution is 2.26. The van der Waals surface area contributed by atoms with Gasteiger partial charge in [-0.15, -0.1) is 0 Å². The van der Waals surface area contributed by atoms with Crippen molar-refractivity contribution in [1.29, 1.82) is 0 Å². The molecule has 0 saturated carbocycles. The first-order valence-corrected chi connectivity index (χ1v) is 10.1. The molecular weight excluding hydrogens is 364 g/mol. The smallest absolute Gasteiger partial charge is 0.255 e. The molecule has 2 aromatic carbocycles. The Balaban J connectivity index is 1.62. The van der Waals surface area contributed by atoms with Gasteiger partial charge >= 0.3 is 0 Å². The fraction of sp³-hybridized carbons (Fsp3) is 0.333. The van der Waals surface area contributed by atoms with Gasteiger partial charge in [0.25, 0.3) is 11.8 Å². The fourth-order valence-corrected chi connectivity index (χ4v) is 3.49. The van der Waals surface area contributed by atoms with Crippen LogP contribution in [0, 0.1) is 6.92 Å². The van der Waals surface area contributed by atoms with Gasteiger partial charge in [-0.05, 0) is 74.9 Å². The van der Waals surface area contributed by atoms with Gasteiger partial charge in [0.2, 0.25) is 0 Å². The van der Waals surface area contributed by atoms with Crippen molar-refractivity contribution in [2.45, 2.75) is 39.0 Å². The minimum absolute atomic E-state index is 0.163. The molecule has 3 rings (SSSR count). The van der Waals surface area contributed by atoms with E-state index in [4.69, 9.17) is 4.74 Å². The van der Waals surface area contributed by atoms with E-state index < -0.39 is 0 Å². The summed E-state index contributed by atoms with van der Waals surface area (Å²) in [5.74, 6) is 0.148. The number of allylic oxidation sites excluding steroid dienone is 1. The van der Waals surface area contributed by atoms with Gasteiger partial charge < -0.3 is 15.4 Å². The lowest BCUT2D eigenvalue weighted by Gasteiger charge is -2.13. The van der Waals surface area contributed by atoms with Crippen LogP contribution >= 0.6 is 0 Å². The second-order valence-corrected chi connectivity index (χ2v) is 7.35. The van der Waals surface area contributed by atoms with Crippen LogP contribution in [-0.4, -0.2) is 25.5 Å². The number of carbonyl (C=O) groups is 2. The molecule has 29 heavy (non-hydrogen) atoms. The van der Waals surface area contributed by atoms with E-state index in [2.05, 4.69) is 16.7 Å². The number of rotatable bonds is 7. The van der Waals surface area contributed by atoms with Crippen molar-refractivity contribution in [2.24, 2.45) is 0 Å². The topological polar surface area (TPSA) is 67.4 Å². The summed E-state index contributed by atoms with van der Waals surface area (Å²) in [6, 6.07) is 12.3. The number of nitrogens with one attached hydrogen (secondary N) is 2. The van der Waals surface area contributed by atoms with Crippen molar-refractivity contribution < 1.29 is 14.3 Å². The molecule has 2 aromatic rings. The van der Waals surface area contributed by atoms with Crippen LogP contribution in [0.15, 0.2) is 54.1 Å². The summed E-state index contributed by atoms with van der Waals surface area (Å²) >= 11 is 0. The number of ether oxygens (including phenoxy) is 1. The van der Waals surface area contributed by atoms with E-state index >= 15 is 0 Å². The Morgan fingerprint density at radius 2 is 1.83 bits per heavy atom. The number of hydrogen-bond donors (Lipinski definition) is 2. The highest BCUT2D eigenvalue weighted by atomic mass is 16.5. The Kier molecular flexibility index (Phi) is 7.06. The summed E-state index contributed by atoms with van der Waals surface area (Å²) in [4.78, 5) is 25.2. The van der Waals surface area contributed by atoms with Crippen LogP contribution < -0.4 is 15.4 Å². The maximum absolute atomic E-state index is 12.7. The molecule has 0 aromatic heterocycles. The maximum atomic E-state index is 12.7. The molecule has 0 unspecified atom stereocenters. The van der Waals surface area contributed by atoms with Gasteiger partial charge in [-0.25, -0.2) is 0 Å². The van der Waals surface area contributed by atoms with Gasteiger partial charge in [-0.3, -0.25) is 9.59 Å². The van der Waals surface area contributed by atoms with Crippen molar-refractivity contribution in [2.75, 3.05) is 19.0 Å². The number of hydrogen-bond acceptors (Lipinski definition) is 3. The molecule has 0 spiro atoms. The molecule has 5 nitrogen and oxygen atoms in total. The first-order chi connectivity index (χ1) is 14.1. The Hall–Kier alpha value is -3.08. The average molecular weight is 392 g/mol. The molecule has 1 aliphatic carbocycles. The number of amides is 2. The molecule has 152 valence electrons. The average Bonchev–Trinajstić information content (AvgIpc) is 2.74. The standard InChI is InChI=1S/C24H28N2O3/c1-17-11-12-22(29-2)21(15-17)26-24(28)20-10-6-9-19(16-20)23(27)25-14-13-18-7-4-3-5-8-18/h6-7,9-12,15-16H,3-5,8,13-14H2,1-2H3,(H,25,27)(H,26,28). The normalized spacial score (nSPS) is 13.4. The Morgan fingerprint density at radius 1 is 1.03 bits per heavy atom. The van der Waals surface area contributed by atoms with Crippen LogP contribution in [0.3, 0.4) is 0 Å². The number of aryl methyl sites for hydroxylation is 1. The predicted octanol–water partition coefficient (Wildman–Crippen LogP) is 4.88. The fourth-order valence-electron chi connectivity index (χ4n) is 3.49. The van der Waals surface area contributed by atoms with E-state index in [1.165, 1.54) is 18.4 Å². The van der Waals surface area contributed by atoms with E-state index in [1.54, 1.807) is 31.4 Å². The maximum Gasteiger partial charge on any atom is 0.255 e. The van der Waals surface area contributed by atoms with Gasteiger partial charge in [-0.1, -0.05) is 23.8 Å². The molecule has 2 amide bonds. The number of anilines is 1. The number of carbonyl (C=O) groups excluding carboxylic acids is 2. The molecule has 5 heteroatoms. The third kappa shape index (κ3) is 5.70. The van der Waals surface area contributed by atoms with Gasteiger partial charge in [0.1, 0.15) is 5.75 Å². The highest BCUT2D eigenvalue weighted by Gasteiger charge is 2.13. The lowest BCUT2D eigenvalue weighted by atomic mass is 9.97. The van der Waals surface area contributed by atoms with Crippen molar-refractivity contribution >= 4 is 17.5 Å². The molecule has 0 fully saturated rings. The third-order valence-electron chi connectivity index (χ3n) is 5.11. The first kappa shape index (κ1) is 20.6. The molecule has 0 atom stereocenters. The van der Waals surface area contributed by atoms with Gasteiger partial charge in [0.15, 0.2) is 0 Å². The summed E-state index contributed by atoms with van der Waals surface area (Å²) < 4.78 is 5.31. The van der Waals surface area contributed by atoms with Gasteiger partial charge in [0, 0.05) is 17.7 Å². The van der Waals surface area contributed by atoms with Crippen LogP contribution in [-0.2, 0) is 0 Å². The SMILES string of the molecule is COc1ccc(C)cc1NC(=O)c1cccc(C(=O)NCCC2=CCCCC2)c1. The Bertz CT molecular complexity index is 918. The van der Waals surface area contributed by atoms with E-state index in [0.29, 0.717) is 29.1 Å². The van der Waals surface area contributed by atoms with E-state index in [9.17, 15) is 9.59 Å². The molecule has 0 saturated heterocycles. The summed E-state index contributed by atoms with van der Waals surface area (Å²) in [7, 11) is 1.56. The summed E-state index contributed by atoms with van der Waals surface area (Å²) in [5.41, 5.74) is 3.95. The van der Waals surface area contributed by atoms with Gasteiger partial charge in [0.05, 0.1) is 12.8 Å². The number of benzene rings is 2. The summed E-state index contributed by atoms with van der Waals surface area (Å²) in [6.45, 7) is 2.56. The molecule has 0 radical (unpaired) electrons. The molecule has 0 aliphatic heterocycles. The Morgan fingerprint density at radius 3 is 2.55 bits per heavy atom. The van der Waals surface area contributed by atoms with Crippen molar-refractivity contribution in [1.82, 2.24) is 5.32 Å². The Labute approximate surface area is 172 Å². The molecule has 0 bridgehead atoms. The molecule has 0 heterocycles.